The zero-order valence-corrected chi connectivity index (χ0v) is 21.0. The predicted molar refractivity (Wildman–Crippen MR) is 144 cm³/mol. The molecule has 0 aliphatic rings. The standard InChI is InChI=1S/C28H23N3O5S/c1-3-35-18-13-14-21-22(15-18)37-28(29-21)30-23(32)16-36-27(34)25-24(17-9-5-4-6-10-17)19-11-7-8-12-20(19)26(33)31(25)2/h4-15H,3,16H2,1-2H3,(H,29,30,32). The fourth-order valence-electron chi connectivity index (χ4n) is 4.17. The van der Waals surface area contributed by atoms with Gasteiger partial charge in [0.05, 0.1) is 16.8 Å². The van der Waals surface area contributed by atoms with E-state index in [-0.39, 0.29) is 11.3 Å². The monoisotopic (exact) mass is 513 g/mol. The third-order valence-corrected chi connectivity index (χ3v) is 6.74. The van der Waals surface area contributed by atoms with Crippen LogP contribution < -0.4 is 15.6 Å². The van der Waals surface area contributed by atoms with E-state index in [0.29, 0.717) is 28.1 Å². The fourth-order valence-corrected chi connectivity index (χ4v) is 5.08. The van der Waals surface area contributed by atoms with Crippen molar-refractivity contribution >= 4 is 49.3 Å². The van der Waals surface area contributed by atoms with Crippen molar-refractivity contribution in [3.05, 3.63) is 88.8 Å². The minimum Gasteiger partial charge on any atom is -0.494 e. The van der Waals surface area contributed by atoms with Gasteiger partial charge in [0.15, 0.2) is 11.7 Å². The Hall–Kier alpha value is -4.50. The molecule has 0 fully saturated rings. The second-order valence-electron chi connectivity index (χ2n) is 8.21. The molecule has 1 amide bonds. The second kappa shape index (κ2) is 10.2. The number of hydrogen-bond donors (Lipinski definition) is 1. The molecule has 0 saturated heterocycles. The molecule has 0 radical (unpaired) electrons. The van der Waals surface area contributed by atoms with Crippen LogP contribution in [0.5, 0.6) is 5.75 Å². The average molecular weight is 514 g/mol. The van der Waals surface area contributed by atoms with E-state index in [1.54, 1.807) is 18.2 Å². The molecule has 3 aromatic carbocycles. The molecule has 1 N–H and O–H groups in total. The molecule has 0 unspecified atom stereocenters. The summed E-state index contributed by atoms with van der Waals surface area (Å²) >= 11 is 1.29. The van der Waals surface area contributed by atoms with Crippen LogP contribution in [0, 0.1) is 0 Å². The van der Waals surface area contributed by atoms with E-state index >= 15 is 0 Å². The van der Waals surface area contributed by atoms with Crippen LogP contribution in [-0.4, -0.2) is 34.6 Å². The maximum Gasteiger partial charge on any atom is 0.356 e. The Labute approximate surface area is 216 Å². The lowest BCUT2D eigenvalue weighted by Crippen LogP contribution is -2.28. The van der Waals surface area contributed by atoms with Crippen molar-refractivity contribution in [2.24, 2.45) is 7.05 Å². The zero-order chi connectivity index (χ0) is 25.9. The Morgan fingerprint density at radius 3 is 2.49 bits per heavy atom. The number of fused-ring (bicyclic) bond motifs is 2. The van der Waals surface area contributed by atoms with Crippen LogP contribution >= 0.6 is 11.3 Å². The molecule has 5 aromatic rings. The highest BCUT2D eigenvalue weighted by Crippen LogP contribution is 2.31. The van der Waals surface area contributed by atoms with Crippen LogP contribution in [0.4, 0.5) is 5.13 Å². The topological polar surface area (TPSA) is 99.5 Å². The first-order chi connectivity index (χ1) is 18.0. The van der Waals surface area contributed by atoms with Gasteiger partial charge in [0.1, 0.15) is 11.4 Å². The highest BCUT2D eigenvalue weighted by atomic mass is 32.1. The maximum atomic E-state index is 13.3. The quantitative estimate of drug-likeness (QED) is 0.307. The van der Waals surface area contributed by atoms with Gasteiger partial charge in [-0.1, -0.05) is 59.9 Å². The van der Waals surface area contributed by atoms with Gasteiger partial charge < -0.3 is 14.0 Å². The Morgan fingerprint density at radius 1 is 1.00 bits per heavy atom. The first kappa shape index (κ1) is 24.2. The van der Waals surface area contributed by atoms with Gasteiger partial charge in [0.25, 0.3) is 11.5 Å². The van der Waals surface area contributed by atoms with Crippen molar-refractivity contribution in [2.75, 3.05) is 18.5 Å². The Bertz CT molecular complexity index is 1690. The number of hydrogen-bond acceptors (Lipinski definition) is 7. The molecular weight excluding hydrogens is 490 g/mol. The van der Waals surface area contributed by atoms with Gasteiger partial charge in [0.2, 0.25) is 0 Å². The summed E-state index contributed by atoms with van der Waals surface area (Å²) in [7, 11) is 1.52. The number of carbonyl (C=O) groups is 2. The van der Waals surface area contributed by atoms with E-state index in [2.05, 4.69) is 10.3 Å². The lowest BCUT2D eigenvalue weighted by molar-refractivity contribution is -0.119. The maximum absolute atomic E-state index is 13.3. The van der Waals surface area contributed by atoms with Gasteiger partial charge in [-0.3, -0.25) is 14.9 Å². The van der Waals surface area contributed by atoms with Gasteiger partial charge in [-0.15, -0.1) is 0 Å². The highest BCUT2D eigenvalue weighted by Gasteiger charge is 2.23. The predicted octanol–water partition coefficient (Wildman–Crippen LogP) is 5.01. The molecule has 0 spiro atoms. The minimum absolute atomic E-state index is 0.0751. The number of nitrogens with one attached hydrogen (secondary N) is 1. The van der Waals surface area contributed by atoms with Crippen molar-refractivity contribution in [1.82, 2.24) is 9.55 Å². The molecule has 0 bridgehead atoms. The van der Waals surface area contributed by atoms with Gasteiger partial charge in [-0.25, -0.2) is 9.78 Å². The number of rotatable bonds is 7. The molecular formula is C28H23N3O5S. The van der Waals surface area contributed by atoms with Gasteiger partial charge in [0, 0.05) is 18.0 Å². The highest BCUT2D eigenvalue weighted by molar-refractivity contribution is 7.22. The summed E-state index contributed by atoms with van der Waals surface area (Å²) in [5.74, 6) is -0.588. The summed E-state index contributed by atoms with van der Waals surface area (Å²) in [5.41, 5.74) is 1.80. The molecule has 37 heavy (non-hydrogen) atoms. The molecule has 8 nitrogen and oxygen atoms in total. The Balaban J connectivity index is 1.40. The van der Waals surface area contributed by atoms with Crippen LogP contribution in [0.25, 0.3) is 32.1 Å². The fraction of sp³-hybridized carbons (Fsp3) is 0.143. The van der Waals surface area contributed by atoms with E-state index in [9.17, 15) is 14.4 Å². The molecule has 0 aliphatic carbocycles. The van der Waals surface area contributed by atoms with Crippen LogP contribution in [0.3, 0.4) is 0 Å². The zero-order valence-electron chi connectivity index (χ0n) is 20.2. The summed E-state index contributed by atoms with van der Waals surface area (Å²) in [6.45, 7) is 1.92. The molecule has 0 atom stereocenters. The van der Waals surface area contributed by atoms with Crippen LogP contribution in [0.15, 0.2) is 77.6 Å². The van der Waals surface area contributed by atoms with E-state index < -0.39 is 18.5 Å². The summed E-state index contributed by atoms with van der Waals surface area (Å²) in [6.07, 6.45) is 0. The lowest BCUT2D eigenvalue weighted by Gasteiger charge is -2.16. The molecule has 2 aromatic heterocycles. The normalized spacial score (nSPS) is 11.0. The van der Waals surface area contributed by atoms with Gasteiger partial charge in [-0.2, -0.15) is 0 Å². The molecule has 0 aliphatic heterocycles. The number of anilines is 1. The van der Waals surface area contributed by atoms with Crippen molar-refractivity contribution in [1.29, 1.82) is 0 Å². The van der Waals surface area contributed by atoms with Gasteiger partial charge >= 0.3 is 5.97 Å². The molecule has 5 rings (SSSR count). The second-order valence-corrected chi connectivity index (χ2v) is 9.24. The number of aromatic nitrogens is 2. The number of pyridine rings is 1. The molecule has 9 heteroatoms. The number of benzene rings is 3. The number of amides is 1. The summed E-state index contributed by atoms with van der Waals surface area (Å²) < 4.78 is 13.0. The summed E-state index contributed by atoms with van der Waals surface area (Å²) in [6, 6.07) is 21.9. The number of carbonyl (C=O) groups excluding carboxylic acids is 2. The van der Waals surface area contributed by atoms with E-state index in [4.69, 9.17) is 9.47 Å². The van der Waals surface area contributed by atoms with Crippen molar-refractivity contribution in [3.63, 3.8) is 0 Å². The third kappa shape index (κ3) is 4.81. The largest absolute Gasteiger partial charge is 0.494 e. The molecule has 0 saturated carbocycles. The first-order valence-corrected chi connectivity index (χ1v) is 12.5. The van der Waals surface area contributed by atoms with Crippen molar-refractivity contribution in [2.45, 2.75) is 6.92 Å². The van der Waals surface area contributed by atoms with Crippen molar-refractivity contribution < 1.29 is 19.1 Å². The first-order valence-electron chi connectivity index (χ1n) is 11.6. The Morgan fingerprint density at radius 2 is 1.73 bits per heavy atom. The van der Waals surface area contributed by atoms with Crippen LogP contribution in [-0.2, 0) is 16.6 Å². The summed E-state index contributed by atoms with van der Waals surface area (Å²) in [5, 5.41) is 4.18. The van der Waals surface area contributed by atoms with Crippen LogP contribution in [0.1, 0.15) is 17.4 Å². The number of esters is 1. The summed E-state index contributed by atoms with van der Waals surface area (Å²) in [4.78, 5) is 43.3. The number of ether oxygens (including phenoxy) is 2. The number of nitrogens with zero attached hydrogens (tertiary/aromatic N) is 2. The number of thiazole rings is 1. The van der Waals surface area contributed by atoms with E-state index in [1.807, 2.05) is 61.5 Å². The third-order valence-electron chi connectivity index (χ3n) is 5.81. The SMILES string of the molecule is CCOc1ccc2nc(NC(=O)COC(=O)c3c(-c4ccccc4)c4ccccc4c(=O)n3C)sc2c1. The lowest BCUT2D eigenvalue weighted by atomic mass is 9.97. The van der Waals surface area contributed by atoms with E-state index in [0.717, 1.165) is 21.5 Å². The van der Waals surface area contributed by atoms with E-state index in [1.165, 1.54) is 23.0 Å². The van der Waals surface area contributed by atoms with Crippen molar-refractivity contribution in [3.8, 4) is 16.9 Å². The molecule has 2 heterocycles. The molecule has 186 valence electrons. The minimum atomic E-state index is -0.773. The van der Waals surface area contributed by atoms with Crippen LogP contribution in [0.2, 0.25) is 0 Å². The van der Waals surface area contributed by atoms with Gasteiger partial charge in [-0.05, 0) is 42.1 Å². The Kier molecular flexibility index (Phi) is 6.70. The smallest absolute Gasteiger partial charge is 0.356 e. The average Bonchev–Trinajstić information content (AvgIpc) is 3.31.